The zero-order chi connectivity index (χ0) is 37.6. The van der Waals surface area contributed by atoms with Gasteiger partial charge in [0.2, 0.25) is 0 Å². The average molecular weight is 716 g/mol. The van der Waals surface area contributed by atoms with Gasteiger partial charge in [-0.25, -0.2) is 0 Å². The predicted octanol–water partition coefficient (Wildman–Crippen LogP) is 15.3. The van der Waals surface area contributed by atoms with Crippen molar-refractivity contribution in [1.29, 1.82) is 0 Å². The van der Waals surface area contributed by atoms with Gasteiger partial charge in [0, 0.05) is 22.2 Å². The molecular formula is C55H41N. The van der Waals surface area contributed by atoms with Crippen LogP contribution in [0.4, 0.5) is 17.1 Å². The van der Waals surface area contributed by atoms with Gasteiger partial charge in [-0.1, -0.05) is 202 Å². The molecule has 0 radical (unpaired) electrons. The van der Waals surface area contributed by atoms with E-state index >= 15 is 0 Å². The van der Waals surface area contributed by atoms with Gasteiger partial charge in [0.05, 0.1) is 11.4 Å². The van der Waals surface area contributed by atoms with Crippen LogP contribution in [0, 0.1) is 0 Å². The number of hydrogen-bond acceptors (Lipinski definition) is 1. The molecule has 0 atom stereocenters. The molecule has 10 rings (SSSR count). The molecule has 266 valence electrons. The van der Waals surface area contributed by atoms with Crippen LogP contribution in [-0.2, 0) is 5.41 Å². The van der Waals surface area contributed by atoms with Gasteiger partial charge >= 0.3 is 0 Å². The molecule has 1 nitrogen and oxygen atoms in total. The number of benzene rings is 9. The molecule has 1 aliphatic carbocycles. The third-order valence-corrected chi connectivity index (χ3v) is 11.7. The Morgan fingerprint density at radius 2 is 0.768 bits per heavy atom. The van der Waals surface area contributed by atoms with Crippen molar-refractivity contribution < 1.29 is 0 Å². The highest BCUT2D eigenvalue weighted by Gasteiger charge is 2.37. The summed E-state index contributed by atoms with van der Waals surface area (Å²) in [5.74, 6) is 0. The van der Waals surface area contributed by atoms with Gasteiger partial charge in [0.25, 0.3) is 0 Å². The van der Waals surface area contributed by atoms with Gasteiger partial charge in [-0.2, -0.15) is 0 Å². The fraction of sp³-hybridized carbons (Fsp3) is 0.0545. The first kappa shape index (κ1) is 33.6. The lowest BCUT2D eigenvalue weighted by atomic mass is 9.82. The fourth-order valence-electron chi connectivity index (χ4n) is 9.04. The van der Waals surface area contributed by atoms with Gasteiger partial charge in [0.1, 0.15) is 0 Å². The molecule has 0 saturated carbocycles. The Morgan fingerprint density at radius 1 is 0.321 bits per heavy atom. The molecule has 0 unspecified atom stereocenters. The maximum absolute atomic E-state index is 2.46. The van der Waals surface area contributed by atoms with Crippen molar-refractivity contribution in [2.75, 3.05) is 4.90 Å². The van der Waals surface area contributed by atoms with Gasteiger partial charge in [0.15, 0.2) is 0 Å². The lowest BCUT2D eigenvalue weighted by molar-refractivity contribution is 0.660. The van der Waals surface area contributed by atoms with Gasteiger partial charge in [-0.05, 0) is 90.7 Å². The van der Waals surface area contributed by atoms with E-state index in [4.69, 9.17) is 0 Å². The minimum Gasteiger partial charge on any atom is -0.309 e. The number of anilines is 3. The Hall–Kier alpha value is -6.96. The van der Waals surface area contributed by atoms with Gasteiger partial charge < -0.3 is 4.90 Å². The van der Waals surface area contributed by atoms with E-state index in [1.807, 2.05) is 0 Å². The monoisotopic (exact) mass is 715 g/mol. The zero-order valence-corrected chi connectivity index (χ0v) is 31.7. The van der Waals surface area contributed by atoms with E-state index in [-0.39, 0.29) is 5.41 Å². The lowest BCUT2D eigenvalue weighted by Gasteiger charge is -2.30. The number of rotatable bonds is 7. The molecule has 0 aliphatic heterocycles. The maximum atomic E-state index is 2.46. The van der Waals surface area contributed by atoms with Crippen molar-refractivity contribution in [3.8, 4) is 55.6 Å². The Labute approximate surface area is 329 Å². The summed E-state index contributed by atoms with van der Waals surface area (Å²) in [6.45, 7) is 4.71. The molecule has 1 heteroatoms. The van der Waals surface area contributed by atoms with Crippen LogP contribution in [0.1, 0.15) is 25.0 Å². The number of nitrogens with zero attached hydrogens (tertiary/aromatic N) is 1. The first-order chi connectivity index (χ1) is 27.6. The van der Waals surface area contributed by atoms with Crippen LogP contribution in [0.2, 0.25) is 0 Å². The average Bonchev–Trinajstić information content (AvgIpc) is 3.50. The molecule has 0 spiro atoms. The fourth-order valence-corrected chi connectivity index (χ4v) is 9.04. The molecule has 9 aromatic rings. The molecule has 0 heterocycles. The summed E-state index contributed by atoms with van der Waals surface area (Å²) in [6, 6.07) is 77.5. The summed E-state index contributed by atoms with van der Waals surface area (Å²) in [4.78, 5) is 2.46. The minimum absolute atomic E-state index is 0.0890. The van der Waals surface area contributed by atoms with Crippen LogP contribution in [-0.4, -0.2) is 0 Å². The van der Waals surface area contributed by atoms with Gasteiger partial charge in [-0.15, -0.1) is 0 Å². The number of hydrogen-bond donors (Lipinski definition) is 0. The Kier molecular flexibility index (Phi) is 8.23. The smallest absolute Gasteiger partial charge is 0.0540 e. The molecule has 56 heavy (non-hydrogen) atoms. The molecule has 0 saturated heterocycles. The summed E-state index contributed by atoms with van der Waals surface area (Å²) < 4.78 is 0. The van der Waals surface area contributed by atoms with Crippen molar-refractivity contribution in [2.24, 2.45) is 0 Å². The first-order valence-electron chi connectivity index (χ1n) is 19.5. The van der Waals surface area contributed by atoms with Crippen LogP contribution < -0.4 is 4.90 Å². The Bertz CT molecular complexity index is 2860. The third-order valence-electron chi connectivity index (χ3n) is 11.7. The van der Waals surface area contributed by atoms with Crippen molar-refractivity contribution in [2.45, 2.75) is 19.3 Å². The van der Waals surface area contributed by atoms with Crippen molar-refractivity contribution in [3.63, 3.8) is 0 Å². The number of para-hydroxylation sites is 2. The quantitative estimate of drug-likeness (QED) is 0.159. The molecule has 9 aromatic carbocycles. The van der Waals surface area contributed by atoms with Crippen LogP contribution in [0.3, 0.4) is 0 Å². The summed E-state index contributed by atoms with van der Waals surface area (Å²) >= 11 is 0. The standard InChI is InChI=1S/C55H41N/c1-55(2)49-30-12-9-26-48(49)54-47(29-17-31-50(54)55)46-25-11-14-33-52(46)56(51-32-13-10-24-43(51)38-18-5-3-6-19-38)42-36-34-40(35-37-42)45-28-16-23-41-22-15-27-44(53(41)45)39-20-7-4-8-21-39/h3-37H,1-2H3. The second kappa shape index (κ2) is 13.7. The molecular weight excluding hydrogens is 675 g/mol. The van der Waals surface area contributed by atoms with E-state index in [0.29, 0.717) is 0 Å². The molecule has 0 bridgehead atoms. The highest BCUT2D eigenvalue weighted by molar-refractivity contribution is 6.07. The highest BCUT2D eigenvalue weighted by atomic mass is 15.1. The summed E-state index contributed by atoms with van der Waals surface area (Å²) in [6.07, 6.45) is 0. The second-order valence-electron chi connectivity index (χ2n) is 15.3. The van der Waals surface area contributed by atoms with Crippen molar-refractivity contribution >= 4 is 27.8 Å². The SMILES string of the molecule is CC1(C)c2ccccc2-c2c(-c3ccccc3N(c3ccc(-c4cccc5cccc(-c6ccccc6)c45)cc3)c3ccccc3-c3ccccc3)cccc21. The molecule has 0 fully saturated rings. The number of fused-ring (bicyclic) bond motifs is 4. The summed E-state index contributed by atoms with van der Waals surface area (Å²) in [5, 5.41) is 2.51. The van der Waals surface area contributed by atoms with Crippen LogP contribution in [0.15, 0.2) is 212 Å². The largest absolute Gasteiger partial charge is 0.309 e. The Balaban J connectivity index is 1.18. The zero-order valence-electron chi connectivity index (χ0n) is 31.7. The molecule has 0 N–H and O–H groups in total. The Morgan fingerprint density at radius 3 is 1.43 bits per heavy atom. The minimum atomic E-state index is -0.0890. The first-order valence-corrected chi connectivity index (χ1v) is 19.5. The van der Waals surface area contributed by atoms with E-state index < -0.39 is 0 Å². The molecule has 1 aliphatic rings. The lowest BCUT2D eigenvalue weighted by Crippen LogP contribution is -2.15. The summed E-state index contributed by atoms with van der Waals surface area (Å²) in [7, 11) is 0. The van der Waals surface area contributed by atoms with E-state index in [1.165, 1.54) is 77.5 Å². The van der Waals surface area contributed by atoms with Gasteiger partial charge in [-0.3, -0.25) is 0 Å². The topological polar surface area (TPSA) is 3.24 Å². The van der Waals surface area contributed by atoms with E-state index in [0.717, 1.165) is 17.1 Å². The normalized spacial score (nSPS) is 12.6. The summed E-state index contributed by atoms with van der Waals surface area (Å²) in [5.41, 5.74) is 18.4. The van der Waals surface area contributed by atoms with Crippen LogP contribution in [0.5, 0.6) is 0 Å². The van der Waals surface area contributed by atoms with Crippen molar-refractivity contribution in [3.05, 3.63) is 223 Å². The highest BCUT2D eigenvalue weighted by Crippen LogP contribution is 2.54. The predicted molar refractivity (Wildman–Crippen MR) is 238 cm³/mol. The maximum Gasteiger partial charge on any atom is 0.0540 e. The van der Waals surface area contributed by atoms with E-state index in [2.05, 4.69) is 231 Å². The third kappa shape index (κ3) is 5.55. The van der Waals surface area contributed by atoms with E-state index in [1.54, 1.807) is 0 Å². The van der Waals surface area contributed by atoms with Crippen molar-refractivity contribution in [1.82, 2.24) is 0 Å². The van der Waals surface area contributed by atoms with Crippen LogP contribution in [0.25, 0.3) is 66.4 Å². The molecule has 0 amide bonds. The van der Waals surface area contributed by atoms with E-state index in [9.17, 15) is 0 Å². The second-order valence-corrected chi connectivity index (χ2v) is 15.3. The van der Waals surface area contributed by atoms with Crippen LogP contribution >= 0.6 is 0 Å². The molecule has 0 aromatic heterocycles.